The number of carbonyl (C=O) groups excluding carboxylic acids is 1. The molecule has 1 aliphatic rings. The van der Waals surface area contributed by atoms with Crippen molar-refractivity contribution in [1.29, 1.82) is 0 Å². The molecule has 1 atom stereocenters. The van der Waals surface area contributed by atoms with Crippen LogP contribution in [0, 0.1) is 5.82 Å². The van der Waals surface area contributed by atoms with Crippen LogP contribution in [0.5, 0.6) is 5.75 Å². The summed E-state index contributed by atoms with van der Waals surface area (Å²) in [5.41, 5.74) is 1.92. The standard InChI is InChI=1S/C16H12BrFO2/c1-9-4-11-5-10(2-3-15(11)20-9)16(19)12-6-13(17)8-14(18)7-12/h2-3,5-9H,4H2,1H3. The molecule has 0 aromatic heterocycles. The summed E-state index contributed by atoms with van der Waals surface area (Å²) < 4.78 is 19.5. The molecule has 0 N–H and O–H groups in total. The number of ether oxygens (including phenoxy) is 1. The maximum atomic E-state index is 13.4. The smallest absolute Gasteiger partial charge is 0.193 e. The molecular formula is C16H12BrFO2. The molecule has 2 aromatic carbocycles. The number of rotatable bonds is 2. The molecule has 0 fully saturated rings. The van der Waals surface area contributed by atoms with E-state index in [1.165, 1.54) is 12.1 Å². The molecule has 20 heavy (non-hydrogen) atoms. The minimum absolute atomic E-state index is 0.138. The maximum Gasteiger partial charge on any atom is 0.193 e. The average Bonchev–Trinajstić information content (AvgIpc) is 2.75. The van der Waals surface area contributed by atoms with Crippen LogP contribution in [0.25, 0.3) is 0 Å². The van der Waals surface area contributed by atoms with E-state index in [0.717, 1.165) is 17.7 Å². The van der Waals surface area contributed by atoms with Gasteiger partial charge in [0.2, 0.25) is 0 Å². The lowest BCUT2D eigenvalue weighted by molar-refractivity contribution is 0.103. The molecule has 1 aliphatic heterocycles. The normalized spacial score (nSPS) is 16.6. The monoisotopic (exact) mass is 334 g/mol. The molecule has 2 aromatic rings. The van der Waals surface area contributed by atoms with Gasteiger partial charge in [-0.1, -0.05) is 15.9 Å². The third-order valence-corrected chi connectivity index (χ3v) is 3.74. The highest BCUT2D eigenvalue weighted by Crippen LogP contribution is 2.30. The quantitative estimate of drug-likeness (QED) is 0.771. The van der Waals surface area contributed by atoms with Crippen LogP contribution >= 0.6 is 15.9 Å². The van der Waals surface area contributed by atoms with Crippen LogP contribution in [-0.2, 0) is 6.42 Å². The molecule has 0 aliphatic carbocycles. The lowest BCUT2D eigenvalue weighted by atomic mass is 10.00. The number of carbonyl (C=O) groups is 1. The Bertz CT molecular complexity index is 677. The molecule has 4 heteroatoms. The Morgan fingerprint density at radius 1 is 1.25 bits per heavy atom. The fourth-order valence-corrected chi connectivity index (χ4v) is 2.88. The third-order valence-electron chi connectivity index (χ3n) is 3.28. The van der Waals surface area contributed by atoms with Crippen LogP contribution in [-0.4, -0.2) is 11.9 Å². The molecule has 102 valence electrons. The van der Waals surface area contributed by atoms with Crippen molar-refractivity contribution in [3.8, 4) is 5.75 Å². The molecule has 1 unspecified atom stereocenters. The third kappa shape index (κ3) is 2.48. The van der Waals surface area contributed by atoms with Crippen molar-refractivity contribution in [1.82, 2.24) is 0 Å². The van der Waals surface area contributed by atoms with Gasteiger partial charge in [0.25, 0.3) is 0 Å². The first kappa shape index (κ1) is 13.3. The predicted molar refractivity (Wildman–Crippen MR) is 77.8 cm³/mol. The van der Waals surface area contributed by atoms with E-state index < -0.39 is 5.82 Å². The van der Waals surface area contributed by atoms with Gasteiger partial charge in [-0.3, -0.25) is 4.79 Å². The van der Waals surface area contributed by atoms with Gasteiger partial charge in [-0.05, 0) is 48.9 Å². The van der Waals surface area contributed by atoms with Crippen molar-refractivity contribution in [3.63, 3.8) is 0 Å². The molecule has 3 rings (SSSR count). The second kappa shape index (κ2) is 5.02. The summed E-state index contributed by atoms with van der Waals surface area (Å²) in [5.74, 6) is 0.211. The van der Waals surface area contributed by atoms with Gasteiger partial charge in [-0.25, -0.2) is 4.39 Å². The van der Waals surface area contributed by atoms with Crippen LogP contribution in [0.15, 0.2) is 40.9 Å². The summed E-state index contributed by atoms with van der Waals surface area (Å²) >= 11 is 3.20. The highest BCUT2D eigenvalue weighted by molar-refractivity contribution is 9.10. The van der Waals surface area contributed by atoms with E-state index >= 15 is 0 Å². The van der Waals surface area contributed by atoms with Gasteiger partial charge in [-0.15, -0.1) is 0 Å². The summed E-state index contributed by atoms with van der Waals surface area (Å²) in [6.45, 7) is 1.99. The minimum Gasteiger partial charge on any atom is -0.490 e. The van der Waals surface area contributed by atoms with Crippen LogP contribution in [0.3, 0.4) is 0 Å². The Labute approximate surface area is 124 Å². The number of hydrogen-bond acceptors (Lipinski definition) is 2. The largest absolute Gasteiger partial charge is 0.490 e. The minimum atomic E-state index is -0.430. The summed E-state index contributed by atoms with van der Waals surface area (Å²) in [7, 11) is 0. The Hall–Kier alpha value is -1.68. The summed E-state index contributed by atoms with van der Waals surface area (Å²) in [5, 5.41) is 0. The predicted octanol–water partition coefficient (Wildman–Crippen LogP) is 4.14. The van der Waals surface area contributed by atoms with Crippen LogP contribution in [0.2, 0.25) is 0 Å². The van der Waals surface area contributed by atoms with Crippen LogP contribution in [0.4, 0.5) is 4.39 Å². The first-order valence-electron chi connectivity index (χ1n) is 6.33. The van der Waals surface area contributed by atoms with Crippen LogP contribution < -0.4 is 4.74 Å². The van der Waals surface area contributed by atoms with Gasteiger partial charge in [0.1, 0.15) is 17.7 Å². The maximum absolute atomic E-state index is 13.4. The van der Waals surface area contributed by atoms with Crippen molar-refractivity contribution in [2.75, 3.05) is 0 Å². The highest BCUT2D eigenvalue weighted by atomic mass is 79.9. The molecule has 0 radical (unpaired) electrons. The lowest BCUT2D eigenvalue weighted by Crippen LogP contribution is -2.05. The molecule has 0 amide bonds. The highest BCUT2D eigenvalue weighted by Gasteiger charge is 2.21. The molecule has 0 saturated carbocycles. The summed E-state index contributed by atoms with van der Waals surface area (Å²) in [6.07, 6.45) is 0.933. The Balaban J connectivity index is 1.97. The van der Waals surface area contributed by atoms with Crippen molar-refractivity contribution >= 4 is 21.7 Å². The van der Waals surface area contributed by atoms with Gasteiger partial charge in [0, 0.05) is 22.0 Å². The van der Waals surface area contributed by atoms with Crippen molar-refractivity contribution < 1.29 is 13.9 Å². The van der Waals surface area contributed by atoms with E-state index in [1.807, 2.05) is 13.0 Å². The van der Waals surface area contributed by atoms with E-state index in [2.05, 4.69) is 15.9 Å². The molecule has 0 bridgehead atoms. The topological polar surface area (TPSA) is 26.3 Å². The van der Waals surface area contributed by atoms with Crippen molar-refractivity contribution in [2.45, 2.75) is 19.4 Å². The van der Waals surface area contributed by atoms with Crippen molar-refractivity contribution in [3.05, 3.63) is 63.4 Å². The number of fused-ring (bicyclic) bond motifs is 1. The van der Waals surface area contributed by atoms with E-state index in [4.69, 9.17) is 4.74 Å². The summed E-state index contributed by atoms with van der Waals surface area (Å²) in [6, 6.07) is 9.56. The number of benzene rings is 2. The molecule has 2 nitrogen and oxygen atoms in total. The van der Waals surface area contributed by atoms with Gasteiger partial charge in [-0.2, -0.15) is 0 Å². The van der Waals surface area contributed by atoms with E-state index in [9.17, 15) is 9.18 Å². The van der Waals surface area contributed by atoms with E-state index in [-0.39, 0.29) is 11.9 Å². The number of hydrogen-bond donors (Lipinski definition) is 0. The Morgan fingerprint density at radius 3 is 2.80 bits per heavy atom. The zero-order chi connectivity index (χ0) is 14.3. The van der Waals surface area contributed by atoms with Crippen molar-refractivity contribution in [2.24, 2.45) is 0 Å². The molecular weight excluding hydrogens is 323 g/mol. The zero-order valence-corrected chi connectivity index (χ0v) is 12.4. The summed E-state index contributed by atoms with van der Waals surface area (Å²) in [4.78, 5) is 12.4. The van der Waals surface area contributed by atoms with Gasteiger partial charge in [0.05, 0.1) is 0 Å². The van der Waals surface area contributed by atoms with E-state index in [1.54, 1.807) is 18.2 Å². The molecule has 1 heterocycles. The Kier molecular flexibility index (Phi) is 3.34. The average molecular weight is 335 g/mol. The van der Waals surface area contributed by atoms with Gasteiger partial charge in [0.15, 0.2) is 5.78 Å². The molecule has 0 saturated heterocycles. The second-order valence-corrected chi connectivity index (χ2v) is 5.86. The molecule has 0 spiro atoms. The fraction of sp³-hybridized carbons (Fsp3) is 0.188. The first-order valence-corrected chi connectivity index (χ1v) is 7.12. The number of halogens is 2. The van der Waals surface area contributed by atoms with Crippen LogP contribution in [0.1, 0.15) is 28.4 Å². The fourth-order valence-electron chi connectivity index (χ4n) is 2.41. The van der Waals surface area contributed by atoms with Gasteiger partial charge >= 0.3 is 0 Å². The SMILES string of the molecule is CC1Cc2cc(C(=O)c3cc(F)cc(Br)c3)ccc2O1. The lowest BCUT2D eigenvalue weighted by Gasteiger charge is -2.05. The zero-order valence-electron chi connectivity index (χ0n) is 10.8. The van der Waals surface area contributed by atoms with Gasteiger partial charge < -0.3 is 4.74 Å². The Morgan fingerprint density at radius 2 is 2.05 bits per heavy atom. The first-order chi connectivity index (χ1) is 9.52. The second-order valence-electron chi connectivity index (χ2n) is 4.94. The number of ketones is 1. The van der Waals surface area contributed by atoms with E-state index in [0.29, 0.717) is 15.6 Å².